The fourth-order valence-electron chi connectivity index (χ4n) is 2.29. The monoisotopic (exact) mass is 270 g/mol. The molecular weight excluding hydrogens is 256 g/mol. The first-order valence-electron chi connectivity index (χ1n) is 6.13. The Balaban J connectivity index is 2.74. The topological polar surface area (TPSA) is 49.8 Å². The van der Waals surface area contributed by atoms with E-state index >= 15 is 0 Å². The second-order valence-electron chi connectivity index (χ2n) is 4.74. The second kappa shape index (κ2) is 5.34. The quantitative estimate of drug-likeness (QED) is 0.812. The summed E-state index contributed by atoms with van der Waals surface area (Å²) < 4.78 is 0. The molecule has 19 heavy (non-hydrogen) atoms. The van der Waals surface area contributed by atoms with Crippen LogP contribution >= 0.6 is 11.6 Å². The van der Waals surface area contributed by atoms with E-state index in [0.717, 1.165) is 22.4 Å². The lowest BCUT2D eigenvalue weighted by Crippen LogP contribution is -2.00. The number of halogens is 1. The molecular formula is C16H15ClN2. The molecule has 2 aromatic rings. The third kappa shape index (κ3) is 2.43. The molecule has 0 heterocycles. The Kier molecular flexibility index (Phi) is 3.78. The molecule has 0 amide bonds. The zero-order valence-corrected chi connectivity index (χ0v) is 11.7. The molecule has 0 saturated carbocycles. The molecule has 2 N–H and O–H groups in total. The summed E-state index contributed by atoms with van der Waals surface area (Å²) in [6.07, 6.45) is 0. The summed E-state index contributed by atoms with van der Waals surface area (Å²) in [6, 6.07) is 13.4. The van der Waals surface area contributed by atoms with E-state index in [1.807, 2.05) is 30.3 Å². The molecule has 0 aromatic heterocycles. The Morgan fingerprint density at radius 1 is 1.11 bits per heavy atom. The maximum absolute atomic E-state index is 9.06. The van der Waals surface area contributed by atoms with Gasteiger partial charge in [0.1, 0.15) is 6.07 Å². The van der Waals surface area contributed by atoms with Crippen molar-refractivity contribution in [2.45, 2.75) is 19.8 Å². The highest BCUT2D eigenvalue weighted by Gasteiger charge is 2.15. The number of nitrogens with zero attached hydrogens (tertiary/aromatic N) is 1. The van der Waals surface area contributed by atoms with Crippen LogP contribution in [-0.4, -0.2) is 0 Å². The van der Waals surface area contributed by atoms with Crippen LogP contribution < -0.4 is 5.73 Å². The number of nitrogens with two attached hydrogens (primary N) is 1. The van der Waals surface area contributed by atoms with E-state index in [1.165, 1.54) is 0 Å². The zero-order valence-electron chi connectivity index (χ0n) is 10.9. The molecule has 0 aliphatic heterocycles. The second-order valence-corrected chi connectivity index (χ2v) is 5.12. The predicted molar refractivity (Wildman–Crippen MR) is 80.1 cm³/mol. The van der Waals surface area contributed by atoms with E-state index in [1.54, 1.807) is 6.07 Å². The molecule has 2 aromatic carbocycles. The van der Waals surface area contributed by atoms with Crippen molar-refractivity contribution in [1.82, 2.24) is 0 Å². The zero-order chi connectivity index (χ0) is 14.0. The number of nitriles is 1. The number of hydrogen-bond donors (Lipinski definition) is 1. The molecule has 2 nitrogen and oxygen atoms in total. The van der Waals surface area contributed by atoms with E-state index in [4.69, 9.17) is 22.6 Å². The van der Waals surface area contributed by atoms with Crippen LogP contribution in [0.5, 0.6) is 0 Å². The van der Waals surface area contributed by atoms with Crippen molar-refractivity contribution in [3.63, 3.8) is 0 Å². The van der Waals surface area contributed by atoms with Crippen molar-refractivity contribution < 1.29 is 0 Å². The van der Waals surface area contributed by atoms with E-state index in [-0.39, 0.29) is 5.92 Å². The van der Waals surface area contributed by atoms with Crippen LogP contribution in [0.1, 0.15) is 30.9 Å². The average Bonchev–Trinajstić information content (AvgIpc) is 2.38. The Bertz CT molecular complexity index is 654. The van der Waals surface area contributed by atoms with Gasteiger partial charge in [0.05, 0.1) is 10.6 Å². The van der Waals surface area contributed by atoms with Gasteiger partial charge in [-0.05, 0) is 29.2 Å². The number of benzene rings is 2. The van der Waals surface area contributed by atoms with Crippen LogP contribution in [0.25, 0.3) is 11.1 Å². The molecule has 0 radical (unpaired) electrons. The maximum atomic E-state index is 9.06. The smallest absolute Gasteiger partial charge is 0.101 e. The van der Waals surface area contributed by atoms with Crippen molar-refractivity contribution in [3.8, 4) is 17.2 Å². The number of anilines is 1. The number of nitrogen functional groups attached to an aromatic ring is 1. The lowest BCUT2D eigenvalue weighted by Gasteiger charge is -2.17. The van der Waals surface area contributed by atoms with E-state index in [0.29, 0.717) is 10.6 Å². The molecule has 0 aliphatic carbocycles. The minimum absolute atomic E-state index is 0.290. The highest BCUT2D eigenvalue weighted by Crippen LogP contribution is 2.37. The van der Waals surface area contributed by atoms with Crippen molar-refractivity contribution >= 4 is 17.3 Å². The predicted octanol–water partition coefficient (Wildman–Crippen LogP) is 4.58. The van der Waals surface area contributed by atoms with Gasteiger partial charge in [-0.1, -0.05) is 49.7 Å². The van der Waals surface area contributed by atoms with Crippen molar-refractivity contribution in [2.24, 2.45) is 0 Å². The van der Waals surface area contributed by atoms with E-state index < -0.39 is 0 Å². The van der Waals surface area contributed by atoms with Crippen molar-refractivity contribution in [3.05, 3.63) is 52.5 Å². The van der Waals surface area contributed by atoms with Gasteiger partial charge in [0.15, 0.2) is 0 Å². The van der Waals surface area contributed by atoms with Gasteiger partial charge in [-0.15, -0.1) is 0 Å². The van der Waals surface area contributed by atoms with Gasteiger partial charge in [0, 0.05) is 11.3 Å². The van der Waals surface area contributed by atoms with Gasteiger partial charge in [0.2, 0.25) is 0 Å². The molecule has 0 spiro atoms. The lowest BCUT2D eigenvalue weighted by molar-refractivity contribution is 0.872. The molecule has 0 aliphatic rings. The van der Waals surface area contributed by atoms with Crippen molar-refractivity contribution in [1.29, 1.82) is 5.26 Å². The summed E-state index contributed by atoms with van der Waals surface area (Å²) in [7, 11) is 0. The molecule has 96 valence electrons. The lowest BCUT2D eigenvalue weighted by atomic mass is 9.90. The first-order chi connectivity index (χ1) is 9.06. The molecule has 2 rings (SSSR count). The Morgan fingerprint density at radius 2 is 1.74 bits per heavy atom. The van der Waals surface area contributed by atoms with Gasteiger partial charge in [0.25, 0.3) is 0 Å². The number of hydrogen-bond acceptors (Lipinski definition) is 2. The standard InChI is InChI=1S/C16H15ClN2/c1-10(2)15-12(6-4-8-14(15)19)13-7-3-5-11(9-18)16(13)17/h3-8,10H,19H2,1-2H3. The summed E-state index contributed by atoms with van der Waals surface area (Å²) in [6.45, 7) is 4.19. The molecule has 0 saturated heterocycles. The maximum Gasteiger partial charge on any atom is 0.101 e. The molecule has 0 bridgehead atoms. The van der Waals surface area contributed by atoms with Gasteiger partial charge in [-0.2, -0.15) is 5.26 Å². The van der Waals surface area contributed by atoms with Crippen LogP contribution in [0.3, 0.4) is 0 Å². The largest absolute Gasteiger partial charge is 0.398 e. The van der Waals surface area contributed by atoms with E-state index in [2.05, 4.69) is 19.9 Å². The van der Waals surface area contributed by atoms with Crippen LogP contribution in [-0.2, 0) is 0 Å². The van der Waals surface area contributed by atoms with E-state index in [9.17, 15) is 0 Å². The molecule has 3 heteroatoms. The highest BCUT2D eigenvalue weighted by molar-refractivity contribution is 6.34. The third-order valence-corrected chi connectivity index (χ3v) is 3.53. The summed E-state index contributed by atoms with van der Waals surface area (Å²) in [5, 5.41) is 9.55. The van der Waals surface area contributed by atoms with Gasteiger partial charge in [-0.3, -0.25) is 0 Å². The van der Waals surface area contributed by atoms with Gasteiger partial charge < -0.3 is 5.73 Å². The Morgan fingerprint density at radius 3 is 2.37 bits per heavy atom. The Labute approximate surface area is 118 Å². The van der Waals surface area contributed by atoms with Gasteiger partial charge in [-0.25, -0.2) is 0 Å². The molecule has 0 fully saturated rings. The summed E-state index contributed by atoms with van der Waals surface area (Å²) in [5.74, 6) is 0.290. The minimum Gasteiger partial charge on any atom is -0.398 e. The summed E-state index contributed by atoms with van der Waals surface area (Å²) in [4.78, 5) is 0. The summed E-state index contributed by atoms with van der Waals surface area (Å²) >= 11 is 6.31. The summed E-state index contributed by atoms with van der Waals surface area (Å²) in [5.41, 5.74) is 10.2. The highest BCUT2D eigenvalue weighted by atomic mass is 35.5. The van der Waals surface area contributed by atoms with Crippen LogP contribution in [0, 0.1) is 11.3 Å². The van der Waals surface area contributed by atoms with Crippen molar-refractivity contribution in [2.75, 3.05) is 5.73 Å². The number of rotatable bonds is 2. The van der Waals surface area contributed by atoms with Crippen LogP contribution in [0.4, 0.5) is 5.69 Å². The first-order valence-corrected chi connectivity index (χ1v) is 6.51. The van der Waals surface area contributed by atoms with Crippen LogP contribution in [0.15, 0.2) is 36.4 Å². The first kappa shape index (κ1) is 13.5. The van der Waals surface area contributed by atoms with Crippen LogP contribution in [0.2, 0.25) is 5.02 Å². The molecule has 0 atom stereocenters. The molecule has 0 unspecified atom stereocenters. The fourth-order valence-corrected chi connectivity index (χ4v) is 2.56. The Hall–Kier alpha value is -1.98. The fraction of sp³-hybridized carbons (Fsp3) is 0.188. The minimum atomic E-state index is 0.290. The normalized spacial score (nSPS) is 10.5. The average molecular weight is 271 g/mol. The van der Waals surface area contributed by atoms with Gasteiger partial charge >= 0.3 is 0 Å². The SMILES string of the molecule is CC(C)c1c(N)cccc1-c1cccc(C#N)c1Cl. The third-order valence-electron chi connectivity index (χ3n) is 3.13.